The number of hydrogen-bond donors (Lipinski definition) is 2. The van der Waals surface area contributed by atoms with Gasteiger partial charge in [-0.3, -0.25) is 9.69 Å². The number of aliphatic hydroxyl groups is 1. The zero-order valence-electron chi connectivity index (χ0n) is 18.1. The average Bonchev–Trinajstić information content (AvgIpc) is 3.12. The van der Waals surface area contributed by atoms with Crippen LogP contribution in [0.5, 0.6) is 17.2 Å². The Labute approximate surface area is 196 Å². The van der Waals surface area contributed by atoms with Gasteiger partial charge in [0.2, 0.25) is 5.78 Å². The highest BCUT2D eigenvalue weighted by atomic mass is 35.5. The van der Waals surface area contributed by atoms with E-state index in [2.05, 4.69) is 4.90 Å². The number of aliphatic hydroxyl groups excluding tert-OH is 1. The molecular weight excluding hydrogens is 448 g/mol. The van der Waals surface area contributed by atoms with Gasteiger partial charge in [-0.05, 0) is 24.3 Å². The van der Waals surface area contributed by atoms with Crippen LogP contribution in [0.15, 0.2) is 30.0 Å². The van der Waals surface area contributed by atoms with E-state index in [0.717, 1.165) is 31.7 Å². The number of rotatable bonds is 5. The van der Waals surface area contributed by atoms with Gasteiger partial charge in [0.1, 0.15) is 18.0 Å². The van der Waals surface area contributed by atoms with E-state index in [9.17, 15) is 9.90 Å². The van der Waals surface area contributed by atoms with E-state index in [4.69, 9.17) is 30.9 Å². The molecule has 1 fully saturated rings. The maximum absolute atomic E-state index is 13.1. The molecule has 0 bridgehead atoms. The van der Waals surface area contributed by atoms with Crippen LogP contribution in [-0.4, -0.2) is 61.9 Å². The first-order chi connectivity index (χ1) is 16.0. The fourth-order valence-corrected chi connectivity index (χ4v) is 4.82. The number of nitrogens with zero attached hydrogens (tertiary/aromatic N) is 1. The van der Waals surface area contributed by atoms with Crippen molar-refractivity contribution in [3.05, 3.63) is 57.3 Å². The van der Waals surface area contributed by atoms with E-state index in [1.54, 1.807) is 18.2 Å². The molecule has 9 heteroatoms. The molecule has 0 aromatic heterocycles. The summed E-state index contributed by atoms with van der Waals surface area (Å²) >= 11 is 6.25. The SMILES string of the molecule is O=C1/C(=C/c2cc(Cl)cc3c2OCOC3)Oc2c1ccc([O-])c2C[NH+]1CCN(CCO)CC1. The highest BCUT2D eigenvalue weighted by Crippen LogP contribution is 2.40. The van der Waals surface area contributed by atoms with Crippen molar-refractivity contribution in [3.63, 3.8) is 0 Å². The van der Waals surface area contributed by atoms with E-state index >= 15 is 0 Å². The van der Waals surface area contributed by atoms with Crippen molar-refractivity contribution in [2.24, 2.45) is 0 Å². The van der Waals surface area contributed by atoms with Gasteiger partial charge in [0.15, 0.2) is 12.6 Å². The number of halogens is 1. The summed E-state index contributed by atoms with van der Waals surface area (Å²) in [6.07, 6.45) is 1.62. The first-order valence-electron chi connectivity index (χ1n) is 11.0. The van der Waals surface area contributed by atoms with E-state index in [1.165, 1.54) is 17.0 Å². The molecule has 8 nitrogen and oxygen atoms in total. The van der Waals surface area contributed by atoms with Crippen LogP contribution in [0.25, 0.3) is 6.08 Å². The zero-order valence-corrected chi connectivity index (χ0v) is 18.8. The highest BCUT2D eigenvalue weighted by molar-refractivity contribution is 6.31. The summed E-state index contributed by atoms with van der Waals surface area (Å²) < 4.78 is 16.9. The van der Waals surface area contributed by atoms with Crippen molar-refractivity contribution in [2.75, 3.05) is 46.1 Å². The first-order valence-corrected chi connectivity index (χ1v) is 11.4. The second-order valence-electron chi connectivity index (χ2n) is 8.44. The number of benzene rings is 2. The van der Waals surface area contributed by atoms with Gasteiger partial charge in [0, 0.05) is 41.3 Å². The average molecular weight is 473 g/mol. The molecule has 33 heavy (non-hydrogen) atoms. The van der Waals surface area contributed by atoms with Gasteiger partial charge < -0.3 is 29.3 Å². The number of hydrogen-bond acceptors (Lipinski definition) is 7. The van der Waals surface area contributed by atoms with Crippen molar-refractivity contribution >= 4 is 23.5 Å². The Morgan fingerprint density at radius 1 is 1.21 bits per heavy atom. The summed E-state index contributed by atoms with van der Waals surface area (Å²) in [6, 6.07) is 6.47. The Kier molecular flexibility index (Phi) is 6.27. The molecule has 0 radical (unpaired) electrons. The van der Waals surface area contributed by atoms with Crippen LogP contribution in [0.1, 0.15) is 27.0 Å². The quantitative estimate of drug-likeness (QED) is 0.615. The van der Waals surface area contributed by atoms with Crippen molar-refractivity contribution < 1.29 is 34.1 Å². The number of Topliss-reactive ketones (excluding diaryl/α,β-unsaturated/α-hetero) is 1. The number of fused-ring (bicyclic) bond motifs is 2. The van der Waals surface area contributed by atoms with Crippen LogP contribution < -0.4 is 19.5 Å². The predicted molar refractivity (Wildman–Crippen MR) is 118 cm³/mol. The summed E-state index contributed by atoms with van der Waals surface area (Å²) in [6.45, 7) is 5.21. The second kappa shape index (κ2) is 9.32. The van der Waals surface area contributed by atoms with E-state index in [-0.39, 0.29) is 30.7 Å². The molecule has 3 aliphatic heterocycles. The normalized spacial score (nSPS) is 19.8. The summed E-state index contributed by atoms with van der Waals surface area (Å²) in [5, 5.41) is 22.3. The number of carbonyl (C=O) groups is 1. The number of allylic oxidation sites excluding steroid dienone is 1. The minimum atomic E-state index is -0.269. The number of quaternary nitrogens is 1. The number of ether oxygens (including phenoxy) is 3. The van der Waals surface area contributed by atoms with E-state index in [1.807, 2.05) is 0 Å². The van der Waals surface area contributed by atoms with Crippen molar-refractivity contribution in [1.82, 2.24) is 4.90 Å². The topological polar surface area (TPSA) is 95.7 Å². The van der Waals surface area contributed by atoms with Crippen molar-refractivity contribution in [3.8, 4) is 17.2 Å². The fraction of sp³-hybridized carbons (Fsp3) is 0.375. The molecule has 3 aliphatic rings. The van der Waals surface area contributed by atoms with Gasteiger partial charge >= 0.3 is 0 Å². The third-order valence-corrected chi connectivity index (χ3v) is 6.51. The third kappa shape index (κ3) is 4.45. The van der Waals surface area contributed by atoms with Gasteiger partial charge in [-0.25, -0.2) is 0 Å². The molecule has 0 amide bonds. The van der Waals surface area contributed by atoms with Crippen LogP contribution in [0, 0.1) is 0 Å². The molecule has 2 aromatic rings. The van der Waals surface area contributed by atoms with Crippen LogP contribution in [0.3, 0.4) is 0 Å². The van der Waals surface area contributed by atoms with Gasteiger partial charge in [0.05, 0.1) is 31.9 Å². The lowest BCUT2D eigenvalue weighted by atomic mass is 10.0. The molecule has 3 heterocycles. The molecule has 0 spiro atoms. The molecule has 0 atom stereocenters. The Morgan fingerprint density at radius 2 is 2.03 bits per heavy atom. The van der Waals surface area contributed by atoms with Gasteiger partial charge in [0.25, 0.3) is 0 Å². The Bertz CT molecular complexity index is 1110. The molecule has 0 unspecified atom stereocenters. The number of β-amino-alcohol motifs (C(OH)–C–C–N with tert-alkyl or cyclic N) is 1. The number of nitrogens with one attached hydrogen (secondary N) is 1. The van der Waals surface area contributed by atoms with Crippen LogP contribution >= 0.6 is 11.6 Å². The summed E-state index contributed by atoms with van der Waals surface area (Å²) in [4.78, 5) is 16.5. The molecular formula is C24H25ClN2O6. The predicted octanol–water partition coefficient (Wildman–Crippen LogP) is 0.589. The fourth-order valence-electron chi connectivity index (χ4n) is 4.57. The van der Waals surface area contributed by atoms with Crippen LogP contribution in [-0.2, 0) is 17.9 Å². The maximum Gasteiger partial charge on any atom is 0.231 e. The van der Waals surface area contributed by atoms with Crippen molar-refractivity contribution in [2.45, 2.75) is 13.2 Å². The standard InChI is InChI=1S/C24H25ClN2O6/c25-17-9-15(23-16(10-17)13-31-14-32-23)11-21-22(30)18-1-2-20(29)19(24(18)33-21)12-27-5-3-26(4-6-27)7-8-28/h1-2,9-11,28-29H,3-8,12-14H2/b21-11-. The minimum Gasteiger partial charge on any atom is -0.872 e. The first kappa shape index (κ1) is 22.2. The molecule has 2 aromatic carbocycles. The number of ketones is 1. The Morgan fingerprint density at radius 3 is 2.82 bits per heavy atom. The summed E-state index contributed by atoms with van der Waals surface area (Å²) in [5.41, 5.74) is 2.35. The lowest BCUT2D eigenvalue weighted by molar-refractivity contribution is -0.918. The Balaban J connectivity index is 1.41. The molecule has 5 rings (SSSR count). The van der Waals surface area contributed by atoms with Gasteiger partial charge in [-0.2, -0.15) is 0 Å². The van der Waals surface area contributed by atoms with Crippen LogP contribution in [0.2, 0.25) is 5.02 Å². The molecule has 2 N–H and O–H groups in total. The highest BCUT2D eigenvalue weighted by Gasteiger charge is 2.32. The monoisotopic (exact) mass is 472 g/mol. The third-order valence-electron chi connectivity index (χ3n) is 6.29. The zero-order chi connectivity index (χ0) is 22.9. The van der Waals surface area contributed by atoms with Gasteiger partial charge in [-0.1, -0.05) is 23.4 Å². The maximum atomic E-state index is 13.1. The molecule has 0 saturated carbocycles. The number of carbonyl (C=O) groups excluding carboxylic acids is 1. The molecule has 1 saturated heterocycles. The van der Waals surface area contributed by atoms with Crippen molar-refractivity contribution in [1.29, 1.82) is 0 Å². The number of piperazine rings is 1. The lowest BCUT2D eigenvalue weighted by Gasteiger charge is -2.32. The lowest BCUT2D eigenvalue weighted by Crippen LogP contribution is -3.13. The van der Waals surface area contributed by atoms with Crippen LogP contribution in [0.4, 0.5) is 0 Å². The molecule has 174 valence electrons. The Hall–Kier alpha value is -2.62. The van der Waals surface area contributed by atoms with E-state index in [0.29, 0.717) is 52.9 Å². The second-order valence-corrected chi connectivity index (χ2v) is 8.88. The largest absolute Gasteiger partial charge is 0.872 e. The van der Waals surface area contributed by atoms with Gasteiger partial charge in [-0.15, -0.1) is 0 Å². The minimum absolute atomic E-state index is 0.123. The molecule has 0 aliphatic carbocycles. The van der Waals surface area contributed by atoms with E-state index < -0.39 is 0 Å². The summed E-state index contributed by atoms with van der Waals surface area (Å²) in [5.74, 6) is 0.701. The smallest absolute Gasteiger partial charge is 0.231 e. The summed E-state index contributed by atoms with van der Waals surface area (Å²) in [7, 11) is 0.